The van der Waals surface area contributed by atoms with Crippen LogP contribution in [-0.4, -0.2) is 28.9 Å². The molecule has 2 aliphatic rings. The van der Waals surface area contributed by atoms with Crippen LogP contribution in [0.5, 0.6) is 0 Å². The van der Waals surface area contributed by atoms with Gasteiger partial charge in [-0.3, -0.25) is 4.79 Å². The van der Waals surface area contributed by atoms with E-state index in [9.17, 15) is 9.59 Å². The molecule has 1 amide bonds. The Morgan fingerprint density at radius 2 is 1.52 bits per heavy atom. The maximum atomic E-state index is 13.2. The molecule has 2 aliphatic heterocycles. The first kappa shape index (κ1) is 19.8. The Kier molecular flexibility index (Phi) is 5.46. The minimum Gasteiger partial charge on any atom is -0.445 e. The van der Waals surface area contributed by atoms with E-state index in [0.717, 1.165) is 42.2 Å². The van der Waals surface area contributed by atoms with Crippen LogP contribution in [-0.2, 0) is 22.6 Å². The lowest BCUT2D eigenvalue weighted by Gasteiger charge is -2.37. The molecule has 0 aromatic heterocycles. The van der Waals surface area contributed by atoms with Gasteiger partial charge in [-0.05, 0) is 47.6 Å². The van der Waals surface area contributed by atoms with Crippen LogP contribution >= 0.6 is 0 Å². The molecule has 5 rings (SSSR count). The number of hydrogen-bond donors (Lipinski definition) is 0. The number of ketones is 1. The van der Waals surface area contributed by atoms with Crippen LogP contribution in [0.15, 0.2) is 72.8 Å². The fourth-order valence-corrected chi connectivity index (χ4v) is 5.31. The van der Waals surface area contributed by atoms with Crippen molar-refractivity contribution in [2.75, 3.05) is 0 Å². The van der Waals surface area contributed by atoms with Crippen LogP contribution in [0.2, 0.25) is 0 Å². The van der Waals surface area contributed by atoms with E-state index in [4.69, 9.17) is 4.74 Å². The number of ether oxygens (including phenoxy) is 1. The molecular weight excluding hydrogens is 386 g/mol. The van der Waals surface area contributed by atoms with E-state index < -0.39 is 0 Å². The highest BCUT2D eigenvalue weighted by Gasteiger charge is 2.45. The summed E-state index contributed by atoms with van der Waals surface area (Å²) in [7, 11) is 0. The lowest BCUT2D eigenvalue weighted by atomic mass is 9.84. The van der Waals surface area contributed by atoms with Gasteiger partial charge in [0.1, 0.15) is 12.4 Å². The molecule has 0 spiro atoms. The Balaban J connectivity index is 1.23. The summed E-state index contributed by atoms with van der Waals surface area (Å²) in [5.41, 5.74) is 2.09. The molecule has 4 nitrogen and oxygen atoms in total. The second-order valence-electron chi connectivity index (χ2n) is 8.78. The summed E-state index contributed by atoms with van der Waals surface area (Å²) < 4.78 is 5.59. The van der Waals surface area contributed by atoms with Gasteiger partial charge in [0.15, 0.2) is 0 Å². The summed E-state index contributed by atoms with van der Waals surface area (Å²) in [4.78, 5) is 27.9. The molecule has 2 saturated heterocycles. The maximum Gasteiger partial charge on any atom is 0.410 e. The van der Waals surface area contributed by atoms with Gasteiger partial charge in [-0.1, -0.05) is 72.8 Å². The van der Waals surface area contributed by atoms with Gasteiger partial charge in [0.05, 0.1) is 0 Å². The number of Topliss-reactive ketones (excluding diaryl/α,β-unsaturated/α-hetero) is 1. The molecule has 2 heterocycles. The summed E-state index contributed by atoms with van der Waals surface area (Å²) in [5, 5.41) is 2.33. The average Bonchev–Trinajstić information content (AvgIpc) is 3.07. The van der Waals surface area contributed by atoms with E-state index in [2.05, 4.69) is 24.3 Å². The number of carbonyl (C=O) groups excluding carboxylic acids is 2. The van der Waals surface area contributed by atoms with Crippen molar-refractivity contribution < 1.29 is 14.3 Å². The molecule has 0 saturated carbocycles. The highest BCUT2D eigenvalue weighted by Crippen LogP contribution is 2.40. The van der Waals surface area contributed by atoms with Crippen LogP contribution < -0.4 is 0 Å². The van der Waals surface area contributed by atoms with E-state index in [0.29, 0.717) is 18.8 Å². The molecular formula is C27H27NO3. The van der Waals surface area contributed by atoms with Crippen molar-refractivity contribution in [1.82, 2.24) is 4.90 Å². The molecule has 158 valence electrons. The number of piperidine rings is 1. The summed E-state index contributed by atoms with van der Waals surface area (Å²) in [6.07, 6.45) is 3.65. The fraction of sp³-hybridized carbons (Fsp3) is 0.333. The Morgan fingerprint density at radius 1 is 0.839 bits per heavy atom. The Morgan fingerprint density at radius 3 is 2.29 bits per heavy atom. The number of benzene rings is 3. The Bertz CT molecular complexity index is 1070. The first-order valence-electron chi connectivity index (χ1n) is 11.2. The van der Waals surface area contributed by atoms with Gasteiger partial charge >= 0.3 is 6.09 Å². The zero-order chi connectivity index (χ0) is 21.2. The smallest absolute Gasteiger partial charge is 0.410 e. The van der Waals surface area contributed by atoms with Crippen molar-refractivity contribution in [2.24, 2.45) is 5.92 Å². The van der Waals surface area contributed by atoms with Gasteiger partial charge in [-0.15, -0.1) is 0 Å². The molecule has 2 fully saturated rings. The van der Waals surface area contributed by atoms with Crippen molar-refractivity contribution in [1.29, 1.82) is 0 Å². The van der Waals surface area contributed by atoms with Gasteiger partial charge in [0.2, 0.25) is 0 Å². The fourth-order valence-electron chi connectivity index (χ4n) is 5.31. The first-order valence-corrected chi connectivity index (χ1v) is 11.2. The molecule has 3 aromatic carbocycles. The molecule has 4 heteroatoms. The van der Waals surface area contributed by atoms with E-state index in [1.807, 2.05) is 53.4 Å². The van der Waals surface area contributed by atoms with Crippen molar-refractivity contribution >= 4 is 22.6 Å². The lowest BCUT2D eigenvalue weighted by Crippen LogP contribution is -2.48. The van der Waals surface area contributed by atoms with E-state index >= 15 is 0 Å². The molecule has 0 aliphatic carbocycles. The van der Waals surface area contributed by atoms with Crippen molar-refractivity contribution in [3.8, 4) is 0 Å². The second kappa shape index (κ2) is 8.54. The van der Waals surface area contributed by atoms with Gasteiger partial charge < -0.3 is 9.64 Å². The number of amides is 1. The molecule has 31 heavy (non-hydrogen) atoms. The number of rotatable bonds is 5. The molecule has 2 bridgehead atoms. The van der Waals surface area contributed by atoms with E-state index in [-0.39, 0.29) is 24.1 Å². The standard InChI is InChI=1S/C27H27NO3/c29-26(17-21-11-6-10-20-9-4-5-12-25(20)21)22-15-23-13-14-24(16-22)28(23)27(30)31-18-19-7-2-1-3-8-19/h1-12,22-24H,13-18H2. The van der Waals surface area contributed by atoms with Crippen LogP contribution in [0, 0.1) is 5.92 Å². The summed E-state index contributed by atoms with van der Waals surface area (Å²) in [6, 6.07) is 24.4. The monoisotopic (exact) mass is 413 g/mol. The third-order valence-electron chi connectivity index (χ3n) is 6.85. The quantitative estimate of drug-likeness (QED) is 0.552. The van der Waals surface area contributed by atoms with Crippen molar-refractivity contribution in [2.45, 2.75) is 50.8 Å². The number of hydrogen-bond acceptors (Lipinski definition) is 3. The van der Waals surface area contributed by atoms with Gasteiger partial charge in [-0.25, -0.2) is 4.79 Å². The summed E-state index contributed by atoms with van der Waals surface area (Å²) in [5.74, 6) is 0.320. The zero-order valence-electron chi connectivity index (χ0n) is 17.6. The van der Waals surface area contributed by atoms with Gasteiger partial charge in [-0.2, -0.15) is 0 Å². The van der Waals surface area contributed by atoms with Crippen LogP contribution in [0.3, 0.4) is 0 Å². The Labute approximate surface area is 182 Å². The third kappa shape index (κ3) is 4.07. The predicted molar refractivity (Wildman–Crippen MR) is 121 cm³/mol. The number of fused-ring (bicyclic) bond motifs is 3. The molecule has 3 aromatic rings. The molecule has 0 radical (unpaired) electrons. The molecule has 2 unspecified atom stereocenters. The average molecular weight is 414 g/mol. The summed E-state index contributed by atoms with van der Waals surface area (Å²) >= 11 is 0. The minimum absolute atomic E-state index is 0.0228. The van der Waals surface area contributed by atoms with Crippen LogP contribution in [0.25, 0.3) is 10.8 Å². The number of carbonyl (C=O) groups is 2. The van der Waals surface area contributed by atoms with Crippen molar-refractivity contribution in [3.05, 3.63) is 83.9 Å². The predicted octanol–water partition coefficient (Wildman–Crippen LogP) is 5.53. The normalized spacial score (nSPS) is 22.5. The number of nitrogens with zero attached hydrogens (tertiary/aromatic N) is 1. The Hall–Kier alpha value is -3.14. The highest BCUT2D eigenvalue weighted by atomic mass is 16.6. The van der Waals surface area contributed by atoms with Gasteiger partial charge in [0.25, 0.3) is 0 Å². The summed E-state index contributed by atoms with van der Waals surface area (Å²) in [6.45, 7) is 0.291. The highest BCUT2D eigenvalue weighted by molar-refractivity contribution is 5.91. The largest absolute Gasteiger partial charge is 0.445 e. The van der Waals surface area contributed by atoms with E-state index in [1.54, 1.807) is 0 Å². The lowest BCUT2D eigenvalue weighted by molar-refractivity contribution is -0.124. The third-order valence-corrected chi connectivity index (χ3v) is 6.85. The first-order chi connectivity index (χ1) is 15.2. The van der Waals surface area contributed by atoms with Crippen LogP contribution in [0.4, 0.5) is 4.79 Å². The zero-order valence-corrected chi connectivity index (χ0v) is 17.6. The van der Waals surface area contributed by atoms with Gasteiger partial charge in [0, 0.05) is 24.4 Å². The van der Waals surface area contributed by atoms with Crippen molar-refractivity contribution in [3.63, 3.8) is 0 Å². The minimum atomic E-state index is -0.240. The van der Waals surface area contributed by atoms with E-state index in [1.165, 1.54) is 5.39 Å². The van der Waals surface area contributed by atoms with Crippen LogP contribution in [0.1, 0.15) is 36.8 Å². The molecule has 0 N–H and O–H groups in total. The molecule has 2 atom stereocenters. The topological polar surface area (TPSA) is 46.6 Å². The second-order valence-corrected chi connectivity index (χ2v) is 8.78. The maximum absolute atomic E-state index is 13.2. The SMILES string of the molecule is O=C(Cc1cccc2ccccc12)C1CC2CCC(C1)N2C(=O)OCc1ccccc1.